The summed E-state index contributed by atoms with van der Waals surface area (Å²) >= 11 is 7.41. The summed E-state index contributed by atoms with van der Waals surface area (Å²) in [6.07, 6.45) is -0.943. The van der Waals surface area contributed by atoms with E-state index in [1.54, 1.807) is 11.4 Å². The van der Waals surface area contributed by atoms with E-state index in [2.05, 4.69) is 17.4 Å². The number of nitrogens with one attached hydrogen (secondary N) is 1. The number of halogens is 1. The van der Waals surface area contributed by atoms with Crippen LogP contribution >= 0.6 is 22.9 Å². The minimum absolute atomic E-state index is 0.0594. The normalized spacial score (nSPS) is 13.4. The van der Waals surface area contributed by atoms with Crippen molar-refractivity contribution < 1.29 is 19.4 Å². The van der Waals surface area contributed by atoms with Gasteiger partial charge in [-0.15, -0.1) is 11.3 Å². The largest absolute Gasteiger partial charge is 0.481 e. The van der Waals surface area contributed by atoms with E-state index in [9.17, 15) is 14.7 Å². The summed E-state index contributed by atoms with van der Waals surface area (Å²) in [6.45, 7) is 0.164. The Morgan fingerprint density at radius 3 is 2.24 bits per heavy atom. The fourth-order valence-corrected chi connectivity index (χ4v) is 4.78. The molecule has 29 heavy (non-hydrogen) atoms. The van der Waals surface area contributed by atoms with Crippen molar-refractivity contribution in [2.45, 2.75) is 18.4 Å². The van der Waals surface area contributed by atoms with Gasteiger partial charge in [-0.05, 0) is 33.7 Å². The quantitative estimate of drug-likeness (QED) is 0.548. The summed E-state index contributed by atoms with van der Waals surface area (Å²) in [7, 11) is 0. The SMILES string of the molecule is O=C(O)C[C@@H](NC(=O)OCC1c2ccccc2-c2ccccc21)c1ccsc1Cl. The highest BCUT2D eigenvalue weighted by Gasteiger charge is 2.29. The zero-order valence-corrected chi connectivity index (χ0v) is 16.9. The van der Waals surface area contributed by atoms with Crippen LogP contribution in [-0.2, 0) is 9.53 Å². The molecule has 1 aliphatic rings. The molecule has 3 aromatic rings. The van der Waals surface area contributed by atoms with E-state index >= 15 is 0 Å². The molecular formula is C22H18ClNO4S. The summed E-state index contributed by atoms with van der Waals surface area (Å²) in [5.74, 6) is -1.09. The fraction of sp³-hybridized carbons (Fsp3) is 0.182. The summed E-state index contributed by atoms with van der Waals surface area (Å²) in [5, 5.41) is 13.6. The lowest BCUT2D eigenvalue weighted by Crippen LogP contribution is -2.31. The molecule has 0 spiro atoms. The number of fused-ring (bicyclic) bond motifs is 3. The highest BCUT2D eigenvalue weighted by molar-refractivity contribution is 7.14. The van der Waals surface area contributed by atoms with Gasteiger partial charge < -0.3 is 15.2 Å². The molecule has 0 saturated carbocycles. The molecule has 1 atom stereocenters. The van der Waals surface area contributed by atoms with Crippen LogP contribution in [0.1, 0.15) is 35.1 Å². The standard InChI is InChI=1S/C22H18ClNO4S/c23-21-17(9-10-29-21)19(11-20(25)26)24-22(27)28-12-18-15-7-3-1-5-13(15)14-6-2-4-8-16(14)18/h1-10,18-19H,11-12H2,(H,24,27)(H,25,26)/t19-/m1/s1. The number of benzene rings is 2. The van der Waals surface area contributed by atoms with Gasteiger partial charge in [-0.2, -0.15) is 0 Å². The Morgan fingerprint density at radius 1 is 1.07 bits per heavy atom. The molecule has 2 N–H and O–H groups in total. The molecule has 1 amide bonds. The number of carbonyl (C=O) groups is 2. The Labute approximate surface area is 176 Å². The summed E-state index contributed by atoms with van der Waals surface area (Å²) in [5.41, 5.74) is 5.10. The lowest BCUT2D eigenvalue weighted by atomic mass is 9.98. The van der Waals surface area contributed by atoms with Gasteiger partial charge in [-0.1, -0.05) is 60.1 Å². The van der Waals surface area contributed by atoms with Crippen LogP contribution in [-0.4, -0.2) is 23.8 Å². The Balaban J connectivity index is 1.48. The molecule has 1 aromatic heterocycles. The first-order valence-corrected chi connectivity index (χ1v) is 10.4. The fourth-order valence-electron chi connectivity index (χ4n) is 3.75. The monoisotopic (exact) mass is 427 g/mol. The van der Waals surface area contributed by atoms with Crippen LogP contribution in [0.5, 0.6) is 0 Å². The van der Waals surface area contributed by atoms with Crippen LogP contribution in [0.15, 0.2) is 60.0 Å². The molecule has 0 saturated heterocycles. The van der Waals surface area contributed by atoms with Gasteiger partial charge in [-0.25, -0.2) is 4.79 Å². The summed E-state index contributed by atoms with van der Waals surface area (Å²) in [4.78, 5) is 23.7. The van der Waals surface area contributed by atoms with Gasteiger partial charge >= 0.3 is 12.1 Å². The van der Waals surface area contributed by atoms with Crippen LogP contribution in [0.3, 0.4) is 0 Å². The molecule has 7 heteroatoms. The Morgan fingerprint density at radius 2 is 1.69 bits per heavy atom. The molecule has 1 aliphatic carbocycles. The first-order valence-electron chi connectivity index (χ1n) is 9.10. The van der Waals surface area contributed by atoms with Crippen molar-refractivity contribution in [1.29, 1.82) is 0 Å². The van der Waals surface area contributed by atoms with E-state index in [4.69, 9.17) is 16.3 Å². The van der Waals surface area contributed by atoms with E-state index in [1.807, 2.05) is 36.4 Å². The van der Waals surface area contributed by atoms with Crippen LogP contribution in [0.2, 0.25) is 4.34 Å². The lowest BCUT2D eigenvalue weighted by molar-refractivity contribution is -0.137. The zero-order chi connectivity index (χ0) is 20.4. The minimum atomic E-state index is -1.03. The zero-order valence-electron chi connectivity index (χ0n) is 15.3. The number of hydrogen-bond donors (Lipinski definition) is 2. The number of rotatable bonds is 6. The molecule has 4 rings (SSSR count). The number of aliphatic carboxylic acids is 1. The van der Waals surface area contributed by atoms with E-state index in [0.717, 1.165) is 22.3 Å². The molecule has 0 fully saturated rings. The topological polar surface area (TPSA) is 75.6 Å². The van der Waals surface area contributed by atoms with E-state index in [1.165, 1.54) is 11.3 Å². The maximum absolute atomic E-state index is 12.5. The van der Waals surface area contributed by atoms with Crippen LogP contribution < -0.4 is 5.32 Å². The molecule has 1 heterocycles. The number of alkyl carbamates (subject to hydrolysis) is 1. The number of amides is 1. The number of carbonyl (C=O) groups excluding carboxylic acids is 1. The molecular weight excluding hydrogens is 410 g/mol. The number of hydrogen-bond acceptors (Lipinski definition) is 4. The van der Waals surface area contributed by atoms with Crippen molar-refractivity contribution in [2.24, 2.45) is 0 Å². The van der Waals surface area contributed by atoms with Crippen LogP contribution in [0.4, 0.5) is 4.79 Å². The second-order valence-electron chi connectivity index (χ2n) is 6.77. The summed E-state index contributed by atoms with van der Waals surface area (Å²) < 4.78 is 5.96. The average Bonchev–Trinajstić information content (AvgIpc) is 3.27. The third-order valence-corrected chi connectivity index (χ3v) is 6.24. The molecule has 0 bridgehead atoms. The van der Waals surface area contributed by atoms with Crippen molar-refractivity contribution >= 4 is 35.0 Å². The third-order valence-electron chi connectivity index (χ3n) is 5.04. The average molecular weight is 428 g/mol. The van der Waals surface area contributed by atoms with Crippen LogP contribution in [0.25, 0.3) is 11.1 Å². The van der Waals surface area contributed by atoms with Gasteiger partial charge in [0.15, 0.2) is 0 Å². The molecule has 0 radical (unpaired) electrons. The van der Waals surface area contributed by atoms with Crippen molar-refractivity contribution in [3.8, 4) is 11.1 Å². The van der Waals surface area contributed by atoms with Crippen molar-refractivity contribution in [1.82, 2.24) is 5.32 Å². The van der Waals surface area contributed by atoms with Gasteiger partial charge in [0.05, 0.1) is 16.8 Å². The highest BCUT2D eigenvalue weighted by atomic mass is 35.5. The first-order chi connectivity index (χ1) is 14.0. The number of carboxylic acid groups (broad SMARTS) is 1. The van der Waals surface area contributed by atoms with Gasteiger partial charge in [0.1, 0.15) is 6.61 Å². The number of ether oxygens (including phenoxy) is 1. The van der Waals surface area contributed by atoms with E-state index < -0.39 is 18.1 Å². The predicted octanol–water partition coefficient (Wildman–Crippen LogP) is 5.46. The molecule has 2 aromatic carbocycles. The van der Waals surface area contributed by atoms with Crippen molar-refractivity contribution in [3.05, 3.63) is 81.0 Å². The number of carboxylic acids is 1. The van der Waals surface area contributed by atoms with Crippen molar-refractivity contribution in [2.75, 3.05) is 6.61 Å². The third kappa shape index (κ3) is 3.99. The molecule has 5 nitrogen and oxygen atoms in total. The second-order valence-corrected chi connectivity index (χ2v) is 8.29. The van der Waals surface area contributed by atoms with Gasteiger partial charge in [-0.3, -0.25) is 4.79 Å². The van der Waals surface area contributed by atoms with E-state index in [-0.39, 0.29) is 18.9 Å². The van der Waals surface area contributed by atoms with Gasteiger partial charge in [0, 0.05) is 11.5 Å². The first kappa shape index (κ1) is 19.5. The highest BCUT2D eigenvalue weighted by Crippen LogP contribution is 2.44. The lowest BCUT2D eigenvalue weighted by Gasteiger charge is -2.18. The van der Waals surface area contributed by atoms with Crippen molar-refractivity contribution in [3.63, 3.8) is 0 Å². The van der Waals surface area contributed by atoms with Gasteiger partial charge in [0.25, 0.3) is 0 Å². The maximum atomic E-state index is 12.5. The minimum Gasteiger partial charge on any atom is -0.481 e. The Kier molecular flexibility index (Phi) is 5.56. The predicted molar refractivity (Wildman–Crippen MR) is 113 cm³/mol. The van der Waals surface area contributed by atoms with Crippen LogP contribution in [0, 0.1) is 0 Å². The molecule has 148 valence electrons. The summed E-state index contributed by atoms with van der Waals surface area (Å²) in [6, 6.07) is 17.1. The second kappa shape index (κ2) is 8.27. The molecule has 0 aliphatic heterocycles. The Bertz CT molecular complexity index is 1020. The van der Waals surface area contributed by atoms with Gasteiger partial charge in [0.2, 0.25) is 0 Å². The van der Waals surface area contributed by atoms with E-state index in [0.29, 0.717) is 9.90 Å². The Hall–Kier alpha value is -2.83. The number of thiophene rings is 1. The maximum Gasteiger partial charge on any atom is 0.407 e. The smallest absolute Gasteiger partial charge is 0.407 e. The molecule has 0 unspecified atom stereocenters.